The number of nitrogens with two attached hydrogens (primary N) is 1. The van der Waals surface area contributed by atoms with Gasteiger partial charge in [0.15, 0.2) is 0 Å². The summed E-state index contributed by atoms with van der Waals surface area (Å²) in [6.07, 6.45) is 1.80. The van der Waals surface area contributed by atoms with E-state index in [1.165, 1.54) is 0 Å². The predicted molar refractivity (Wildman–Crippen MR) is 78.0 cm³/mol. The zero-order valence-electron chi connectivity index (χ0n) is 12.3. The molecule has 0 aliphatic rings. The monoisotopic (exact) mass is 274 g/mol. The van der Waals surface area contributed by atoms with Crippen LogP contribution in [0.25, 0.3) is 11.5 Å². The summed E-state index contributed by atoms with van der Waals surface area (Å²) in [5, 5.41) is 4.00. The highest BCUT2D eigenvalue weighted by molar-refractivity contribution is 5.47. The molecule has 0 bridgehead atoms. The van der Waals surface area contributed by atoms with Crippen molar-refractivity contribution >= 4 is 0 Å². The highest BCUT2D eigenvalue weighted by Gasteiger charge is 2.16. The van der Waals surface area contributed by atoms with E-state index in [0.717, 1.165) is 24.2 Å². The van der Waals surface area contributed by atoms with E-state index in [9.17, 15) is 0 Å². The molecule has 0 aliphatic carbocycles. The third-order valence-corrected chi connectivity index (χ3v) is 3.19. The van der Waals surface area contributed by atoms with Crippen LogP contribution in [0.15, 0.2) is 22.7 Å². The summed E-state index contributed by atoms with van der Waals surface area (Å²) in [5.74, 6) is 2.18. The molecule has 2 heterocycles. The Morgan fingerprint density at radius 2 is 2.05 bits per heavy atom. The first-order chi connectivity index (χ1) is 9.58. The van der Waals surface area contributed by atoms with Crippen LogP contribution in [0.1, 0.15) is 31.9 Å². The van der Waals surface area contributed by atoms with Gasteiger partial charge in [-0.05, 0) is 43.9 Å². The van der Waals surface area contributed by atoms with Gasteiger partial charge in [-0.1, -0.05) is 25.1 Å². The molecule has 2 rings (SSSR count). The van der Waals surface area contributed by atoms with E-state index in [4.69, 9.17) is 10.3 Å². The van der Waals surface area contributed by atoms with E-state index in [2.05, 4.69) is 29.0 Å². The number of hydrogen-bond acceptors (Lipinski definition) is 5. The van der Waals surface area contributed by atoms with Crippen molar-refractivity contribution in [3.8, 4) is 11.5 Å². The molecule has 2 N–H and O–H groups in total. The van der Waals surface area contributed by atoms with Crippen LogP contribution in [-0.4, -0.2) is 21.7 Å². The van der Waals surface area contributed by atoms with Crippen molar-refractivity contribution in [2.24, 2.45) is 17.6 Å². The second-order valence-electron chi connectivity index (χ2n) is 5.61. The molecule has 2 aromatic rings. The average molecular weight is 274 g/mol. The molecular formula is C15H22N4O. The van der Waals surface area contributed by atoms with Crippen molar-refractivity contribution in [1.82, 2.24) is 15.1 Å². The molecule has 1 unspecified atom stereocenters. The minimum absolute atomic E-state index is 0.383. The molecule has 0 aliphatic heterocycles. The van der Waals surface area contributed by atoms with Crippen molar-refractivity contribution in [3.63, 3.8) is 0 Å². The Morgan fingerprint density at radius 3 is 2.70 bits per heavy atom. The maximum atomic E-state index is 5.80. The lowest BCUT2D eigenvalue weighted by Gasteiger charge is -2.14. The number of hydrogen-bond donors (Lipinski definition) is 1. The summed E-state index contributed by atoms with van der Waals surface area (Å²) in [7, 11) is 0. The van der Waals surface area contributed by atoms with Gasteiger partial charge in [0.05, 0.1) is 0 Å². The van der Waals surface area contributed by atoms with Gasteiger partial charge in [-0.2, -0.15) is 4.98 Å². The van der Waals surface area contributed by atoms with Gasteiger partial charge in [0.25, 0.3) is 0 Å². The third-order valence-electron chi connectivity index (χ3n) is 3.19. The molecule has 0 saturated carbocycles. The van der Waals surface area contributed by atoms with E-state index in [1.54, 1.807) is 0 Å². The smallest absolute Gasteiger partial charge is 0.227 e. The van der Waals surface area contributed by atoms with Crippen molar-refractivity contribution < 1.29 is 4.52 Å². The number of pyridine rings is 1. The van der Waals surface area contributed by atoms with Crippen molar-refractivity contribution in [1.29, 1.82) is 0 Å². The second kappa shape index (κ2) is 6.61. The number of aromatic nitrogens is 3. The van der Waals surface area contributed by atoms with Gasteiger partial charge < -0.3 is 10.3 Å². The van der Waals surface area contributed by atoms with Gasteiger partial charge in [0, 0.05) is 12.1 Å². The number of nitrogens with zero attached hydrogens (tertiary/aromatic N) is 3. The SMILES string of the molecule is Cc1cccc(-c2noc(CC(CN)CC(C)C)n2)n1. The normalized spacial score (nSPS) is 12.8. The Balaban J connectivity index is 2.09. The topological polar surface area (TPSA) is 77.8 Å². The van der Waals surface area contributed by atoms with E-state index < -0.39 is 0 Å². The van der Waals surface area contributed by atoms with Gasteiger partial charge in [-0.15, -0.1) is 0 Å². The Morgan fingerprint density at radius 1 is 1.25 bits per heavy atom. The predicted octanol–water partition coefficient (Wildman–Crippen LogP) is 2.60. The Labute approximate surface area is 119 Å². The standard InChI is InChI=1S/C15H22N4O/c1-10(2)7-12(9-16)8-14-18-15(19-20-14)13-6-4-5-11(3)17-13/h4-6,10,12H,7-9,16H2,1-3H3. The number of rotatable bonds is 6. The lowest BCUT2D eigenvalue weighted by Crippen LogP contribution is -2.19. The van der Waals surface area contributed by atoms with Crippen LogP contribution in [0.3, 0.4) is 0 Å². The molecule has 108 valence electrons. The minimum atomic E-state index is 0.383. The van der Waals surface area contributed by atoms with Gasteiger partial charge in [0.2, 0.25) is 11.7 Å². The van der Waals surface area contributed by atoms with Crippen LogP contribution < -0.4 is 5.73 Å². The zero-order valence-corrected chi connectivity index (χ0v) is 12.3. The van der Waals surface area contributed by atoms with Gasteiger partial charge in [-0.25, -0.2) is 4.98 Å². The Bertz CT molecular complexity index is 550. The maximum Gasteiger partial charge on any atom is 0.227 e. The quantitative estimate of drug-likeness (QED) is 0.876. The summed E-state index contributed by atoms with van der Waals surface area (Å²) in [5.41, 5.74) is 7.49. The molecule has 1 atom stereocenters. The van der Waals surface area contributed by atoms with Crippen LogP contribution in [0.4, 0.5) is 0 Å². The molecular weight excluding hydrogens is 252 g/mol. The second-order valence-corrected chi connectivity index (χ2v) is 5.61. The molecule has 0 fully saturated rings. The first-order valence-electron chi connectivity index (χ1n) is 7.05. The van der Waals surface area contributed by atoms with E-state index >= 15 is 0 Å². The average Bonchev–Trinajstić information content (AvgIpc) is 2.86. The Kier molecular flexibility index (Phi) is 4.84. The van der Waals surface area contributed by atoms with Gasteiger partial charge in [0.1, 0.15) is 5.69 Å². The van der Waals surface area contributed by atoms with Crippen LogP contribution >= 0.6 is 0 Å². The van der Waals surface area contributed by atoms with E-state index in [-0.39, 0.29) is 0 Å². The molecule has 5 nitrogen and oxygen atoms in total. The fourth-order valence-electron chi connectivity index (χ4n) is 2.29. The van der Waals surface area contributed by atoms with Crippen LogP contribution in [0, 0.1) is 18.8 Å². The lowest BCUT2D eigenvalue weighted by atomic mass is 9.94. The molecule has 0 amide bonds. The van der Waals surface area contributed by atoms with Crippen molar-refractivity contribution in [2.45, 2.75) is 33.6 Å². The molecule has 0 saturated heterocycles. The zero-order chi connectivity index (χ0) is 14.5. The van der Waals surface area contributed by atoms with Gasteiger partial charge in [-0.3, -0.25) is 0 Å². The molecule has 0 aromatic carbocycles. The first kappa shape index (κ1) is 14.7. The van der Waals surface area contributed by atoms with Crippen LogP contribution in [-0.2, 0) is 6.42 Å². The van der Waals surface area contributed by atoms with Crippen molar-refractivity contribution in [2.75, 3.05) is 6.54 Å². The maximum absolute atomic E-state index is 5.80. The first-order valence-corrected chi connectivity index (χ1v) is 7.05. The van der Waals surface area contributed by atoms with Gasteiger partial charge >= 0.3 is 0 Å². The van der Waals surface area contributed by atoms with E-state index in [1.807, 2.05) is 25.1 Å². The van der Waals surface area contributed by atoms with Crippen LogP contribution in [0.2, 0.25) is 0 Å². The van der Waals surface area contributed by atoms with Crippen molar-refractivity contribution in [3.05, 3.63) is 29.8 Å². The van der Waals surface area contributed by atoms with Crippen LogP contribution in [0.5, 0.6) is 0 Å². The molecule has 0 spiro atoms. The molecule has 2 aromatic heterocycles. The summed E-state index contributed by atoms with van der Waals surface area (Å²) in [6, 6.07) is 5.77. The molecule has 5 heteroatoms. The fourth-order valence-corrected chi connectivity index (χ4v) is 2.29. The Hall–Kier alpha value is -1.75. The summed E-state index contributed by atoms with van der Waals surface area (Å²) in [6.45, 7) is 6.97. The number of aryl methyl sites for hydroxylation is 1. The molecule has 0 radical (unpaired) electrons. The highest BCUT2D eigenvalue weighted by Crippen LogP contribution is 2.18. The minimum Gasteiger partial charge on any atom is -0.339 e. The summed E-state index contributed by atoms with van der Waals surface area (Å²) in [4.78, 5) is 8.82. The van der Waals surface area contributed by atoms with E-state index in [0.29, 0.717) is 30.1 Å². The lowest BCUT2D eigenvalue weighted by molar-refractivity contribution is 0.332. The highest BCUT2D eigenvalue weighted by atomic mass is 16.5. The summed E-state index contributed by atoms with van der Waals surface area (Å²) < 4.78 is 5.32. The fraction of sp³-hybridized carbons (Fsp3) is 0.533. The third kappa shape index (κ3) is 3.87. The summed E-state index contributed by atoms with van der Waals surface area (Å²) >= 11 is 0. The largest absolute Gasteiger partial charge is 0.339 e. The molecule has 20 heavy (non-hydrogen) atoms.